The van der Waals surface area contributed by atoms with Crippen LogP contribution < -0.4 is 0 Å². The van der Waals surface area contributed by atoms with Gasteiger partial charge in [0, 0.05) is 72.2 Å². The molecule has 6 heterocycles. The van der Waals surface area contributed by atoms with Gasteiger partial charge in [-0.05, 0) is 42.5 Å². The Morgan fingerprint density at radius 2 is 0.935 bits per heavy atom. The van der Waals surface area contributed by atoms with Gasteiger partial charge in [-0.3, -0.25) is 15.0 Å². The van der Waals surface area contributed by atoms with E-state index in [0.717, 1.165) is 50.5 Å². The predicted molar refractivity (Wildman–Crippen MR) is 170 cm³/mol. The molecule has 0 aliphatic carbocycles. The van der Waals surface area contributed by atoms with Crippen molar-refractivity contribution < 1.29 is 51.0 Å². The summed E-state index contributed by atoms with van der Waals surface area (Å²) in [4.78, 5) is 17.5. The number of fused-ring (bicyclic) bond motifs is 1. The summed E-state index contributed by atoms with van der Waals surface area (Å²) >= 11 is 0. The first-order valence-electron chi connectivity index (χ1n) is 13.8. The molecule has 6 nitrogen and oxygen atoms in total. The van der Waals surface area contributed by atoms with E-state index in [4.69, 9.17) is 8.83 Å². The smallest absolute Gasteiger partial charge is 0.0894 e. The van der Waals surface area contributed by atoms with E-state index >= 15 is 0 Å². The summed E-state index contributed by atoms with van der Waals surface area (Å²) < 4.78 is 9.61. The zero-order valence-corrected chi connectivity index (χ0v) is 28.6. The summed E-state index contributed by atoms with van der Waals surface area (Å²) in [7, 11) is 0. The van der Waals surface area contributed by atoms with Crippen LogP contribution in [0.5, 0.6) is 0 Å². The van der Waals surface area contributed by atoms with E-state index in [1.54, 1.807) is 18.6 Å². The molecule has 46 heavy (non-hydrogen) atoms. The summed E-state index contributed by atoms with van der Waals surface area (Å²) in [6, 6.07) is 49.5. The third kappa shape index (κ3) is 9.14. The largest absolute Gasteiger partial charge is 0.573 e. The van der Waals surface area contributed by atoms with Crippen molar-refractivity contribution in [1.82, 2.24) is 19.9 Å². The number of furan rings is 2. The van der Waals surface area contributed by atoms with Crippen LogP contribution in [0.15, 0.2) is 155 Å². The van der Waals surface area contributed by atoms with Gasteiger partial charge < -0.3 is 26.4 Å². The average Bonchev–Trinajstić information content (AvgIpc) is 3.77. The minimum Gasteiger partial charge on any atom is -0.573 e. The van der Waals surface area contributed by atoms with Crippen molar-refractivity contribution in [3.63, 3.8) is 0 Å². The summed E-state index contributed by atoms with van der Waals surface area (Å²) in [5.74, 6) is 0.491. The zero-order valence-electron chi connectivity index (χ0n) is 24.1. The summed E-state index contributed by atoms with van der Waals surface area (Å²) in [5, 5.41) is 0.769. The predicted octanol–water partition coefficient (Wildman–Crippen LogP) is 8.84. The summed E-state index contributed by atoms with van der Waals surface area (Å²) in [6.45, 7) is 0. The first-order valence-corrected chi connectivity index (χ1v) is 13.8. The van der Waals surface area contributed by atoms with Crippen LogP contribution in [-0.2, 0) is 42.1 Å². The van der Waals surface area contributed by atoms with Crippen LogP contribution in [-0.4, -0.2) is 19.9 Å². The van der Waals surface area contributed by atoms with E-state index in [1.807, 2.05) is 115 Å². The number of hydrogen-bond donors (Lipinski definition) is 0. The van der Waals surface area contributed by atoms with Crippen molar-refractivity contribution in [2.24, 2.45) is 0 Å². The van der Waals surface area contributed by atoms with E-state index in [9.17, 15) is 0 Å². The first kappa shape index (κ1) is 34.1. The van der Waals surface area contributed by atoms with Gasteiger partial charge in [-0.15, -0.1) is 23.8 Å². The molecule has 0 bridgehead atoms. The van der Waals surface area contributed by atoms with Crippen molar-refractivity contribution in [2.75, 3.05) is 0 Å². The molecule has 0 atom stereocenters. The van der Waals surface area contributed by atoms with Crippen LogP contribution >= 0.6 is 0 Å². The standard InChI is InChI=1S/C17H11N.C15H11N3.C6H2O2.2Pt/c1-2-7-14(8-3-1)15-9-6-10-16(13-15)17-11-4-5-12-18-17;1-3-10-16-12(6-1)14-8-5-9-15(18-14)13-7-2-4-11-17-13;1-3-7-6-5(1)2-4-8-6;;/h1-7,9-12H;1-11H;3-4H;;/q-2;;-2;;. The molecule has 0 aliphatic rings. The number of rotatable bonds is 4. The van der Waals surface area contributed by atoms with Gasteiger partial charge >= 0.3 is 0 Å². The first-order chi connectivity index (χ1) is 21.8. The molecule has 0 saturated carbocycles. The van der Waals surface area contributed by atoms with Gasteiger partial charge in [0.15, 0.2) is 0 Å². The summed E-state index contributed by atoms with van der Waals surface area (Å²) in [5.41, 5.74) is 7.50. The molecule has 2 aromatic carbocycles. The maximum atomic E-state index is 4.80. The molecule has 0 aliphatic heterocycles. The Hall–Kier alpha value is -4.76. The fourth-order valence-electron chi connectivity index (χ4n) is 4.20. The molecule has 0 N–H and O–H groups in total. The van der Waals surface area contributed by atoms with E-state index in [0.29, 0.717) is 5.78 Å². The molecule has 6 aromatic heterocycles. The topological polar surface area (TPSA) is 77.8 Å². The van der Waals surface area contributed by atoms with Gasteiger partial charge in [-0.1, -0.05) is 42.9 Å². The molecule has 232 valence electrons. The van der Waals surface area contributed by atoms with Gasteiger partial charge in [0.2, 0.25) is 0 Å². The van der Waals surface area contributed by atoms with Crippen molar-refractivity contribution >= 4 is 11.2 Å². The minimum atomic E-state index is 0. The molecule has 0 spiro atoms. The minimum absolute atomic E-state index is 0. The quantitative estimate of drug-likeness (QED) is 0.164. The van der Waals surface area contributed by atoms with Gasteiger partial charge in [-0.25, -0.2) is 10.5 Å². The van der Waals surface area contributed by atoms with Crippen LogP contribution in [0.4, 0.5) is 0 Å². The second-order valence-electron chi connectivity index (χ2n) is 9.23. The Balaban J connectivity index is 0.000000163. The zero-order chi connectivity index (χ0) is 29.8. The third-order valence-corrected chi connectivity index (χ3v) is 6.28. The number of hydrogen-bond acceptors (Lipinski definition) is 6. The summed E-state index contributed by atoms with van der Waals surface area (Å²) in [6.07, 6.45) is 8.23. The van der Waals surface area contributed by atoms with Crippen molar-refractivity contribution in [3.05, 3.63) is 171 Å². The van der Waals surface area contributed by atoms with Crippen LogP contribution in [0.1, 0.15) is 0 Å². The van der Waals surface area contributed by atoms with Crippen molar-refractivity contribution in [3.8, 4) is 45.2 Å². The molecule has 0 saturated heterocycles. The van der Waals surface area contributed by atoms with Crippen LogP contribution in [0.3, 0.4) is 0 Å². The Morgan fingerprint density at radius 3 is 1.46 bits per heavy atom. The monoisotopic (exact) mass is 958 g/mol. The van der Waals surface area contributed by atoms with Crippen LogP contribution in [0.2, 0.25) is 0 Å². The average molecular weight is 959 g/mol. The molecule has 0 amide bonds. The number of pyridine rings is 4. The van der Waals surface area contributed by atoms with Crippen molar-refractivity contribution in [2.45, 2.75) is 0 Å². The van der Waals surface area contributed by atoms with E-state index < -0.39 is 0 Å². The van der Waals surface area contributed by atoms with Crippen molar-refractivity contribution in [1.29, 1.82) is 0 Å². The van der Waals surface area contributed by atoms with E-state index in [2.05, 4.69) is 44.2 Å². The number of nitrogens with zero attached hydrogens (tertiary/aromatic N) is 4. The molecule has 8 heteroatoms. The Bertz CT molecular complexity index is 1740. The molecule has 0 fully saturated rings. The van der Waals surface area contributed by atoms with Gasteiger partial charge in [0.25, 0.3) is 0 Å². The van der Waals surface area contributed by atoms with E-state index in [-0.39, 0.29) is 42.1 Å². The third-order valence-electron chi connectivity index (χ3n) is 6.28. The van der Waals surface area contributed by atoms with Crippen LogP contribution in [0.25, 0.3) is 56.3 Å². The van der Waals surface area contributed by atoms with Gasteiger partial charge in [0.05, 0.1) is 22.8 Å². The van der Waals surface area contributed by atoms with Crippen LogP contribution in [0, 0.1) is 24.3 Å². The van der Waals surface area contributed by atoms with E-state index in [1.165, 1.54) is 12.5 Å². The molecule has 0 radical (unpaired) electrons. The fraction of sp³-hybridized carbons (Fsp3) is 0. The fourth-order valence-corrected chi connectivity index (χ4v) is 4.20. The molecule has 8 rings (SSSR count). The number of benzene rings is 2. The molecule has 0 unspecified atom stereocenters. The Kier molecular flexibility index (Phi) is 13.1. The van der Waals surface area contributed by atoms with Gasteiger partial charge in [-0.2, -0.15) is 42.0 Å². The second kappa shape index (κ2) is 17.7. The maximum Gasteiger partial charge on any atom is 0.0894 e. The van der Waals surface area contributed by atoms with Gasteiger partial charge in [0.1, 0.15) is 0 Å². The maximum absolute atomic E-state index is 4.80. The second-order valence-corrected chi connectivity index (χ2v) is 9.23. The number of aromatic nitrogens is 4. The SMILES string of the molecule is [Pt].[Pt].[c-]1ccccc1-c1[c-]c(-c2ccccn2)ccc1.[c-]1coc2oc[c-]c12.c1ccc(-c2cccc(-c3ccccn3)n2)nc1. The molecular formula is C38H24N4O2Pt2-4. The normalized spacial score (nSPS) is 9.83. The molecular weight excluding hydrogens is 935 g/mol. The Labute approximate surface area is 296 Å². The Morgan fingerprint density at radius 1 is 0.435 bits per heavy atom. The molecule has 8 aromatic rings.